The first-order valence-corrected chi connectivity index (χ1v) is 7.28. The standard InChI is InChI=1S/C15H10F2O4S/c16-9-1-3-11(17)14(5-9)22-7-15(18)21-10-2-4-12-13(6-10)20-8-19-12/h1-6H,7-8H2. The van der Waals surface area contributed by atoms with E-state index in [2.05, 4.69) is 0 Å². The molecule has 3 rings (SSSR count). The molecule has 1 aliphatic heterocycles. The summed E-state index contributed by atoms with van der Waals surface area (Å²) in [6.45, 7) is 0.126. The van der Waals surface area contributed by atoms with E-state index in [0.717, 1.165) is 30.0 Å². The minimum Gasteiger partial charge on any atom is -0.454 e. The van der Waals surface area contributed by atoms with Crippen molar-refractivity contribution in [2.24, 2.45) is 0 Å². The molecular formula is C15H10F2O4S. The molecule has 0 aliphatic carbocycles. The van der Waals surface area contributed by atoms with Gasteiger partial charge in [-0.25, -0.2) is 8.78 Å². The fraction of sp³-hybridized carbons (Fsp3) is 0.133. The number of esters is 1. The maximum atomic E-state index is 13.4. The van der Waals surface area contributed by atoms with Crippen LogP contribution in [0, 0.1) is 11.6 Å². The van der Waals surface area contributed by atoms with E-state index in [1.807, 2.05) is 0 Å². The fourth-order valence-corrected chi connectivity index (χ4v) is 2.56. The van der Waals surface area contributed by atoms with Crippen LogP contribution in [0.25, 0.3) is 0 Å². The van der Waals surface area contributed by atoms with Crippen molar-refractivity contribution < 1.29 is 27.8 Å². The van der Waals surface area contributed by atoms with Crippen LogP contribution in [0.4, 0.5) is 8.78 Å². The van der Waals surface area contributed by atoms with Gasteiger partial charge in [0.05, 0.1) is 5.75 Å². The summed E-state index contributed by atoms with van der Waals surface area (Å²) in [7, 11) is 0. The highest BCUT2D eigenvalue weighted by atomic mass is 32.2. The second kappa shape index (κ2) is 6.23. The van der Waals surface area contributed by atoms with Crippen LogP contribution in [0.2, 0.25) is 0 Å². The van der Waals surface area contributed by atoms with Gasteiger partial charge in [0, 0.05) is 11.0 Å². The number of halogens is 2. The number of benzene rings is 2. The third-order valence-electron chi connectivity index (χ3n) is 2.81. The predicted molar refractivity (Wildman–Crippen MR) is 75.3 cm³/mol. The van der Waals surface area contributed by atoms with Crippen LogP contribution in [-0.2, 0) is 4.79 Å². The Morgan fingerprint density at radius 2 is 1.95 bits per heavy atom. The first kappa shape index (κ1) is 14.6. The Bertz CT molecular complexity index is 721. The van der Waals surface area contributed by atoms with Crippen molar-refractivity contribution in [3.8, 4) is 17.2 Å². The van der Waals surface area contributed by atoms with Gasteiger partial charge in [-0.15, -0.1) is 11.8 Å². The fourth-order valence-electron chi connectivity index (χ4n) is 1.83. The summed E-state index contributed by atoms with van der Waals surface area (Å²) < 4.78 is 41.9. The van der Waals surface area contributed by atoms with Gasteiger partial charge in [-0.1, -0.05) is 0 Å². The molecule has 1 heterocycles. The highest BCUT2D eigenvalue weighted by Gasteiger charge is 2.15. The third kappa shape index (κ3) is 3.30. The molecule has 0 amide bonds. The lowest BCUT2D eigenvalue weighted by atomic mass is 10.3. The lowest BCUT2D eigenvalue weighted by Gasteiger charge is -2.06. The van der Waals surface area contributed by atoms with Crippen LogP contribution in [0.3, 0.4) is 0 Å². The molecule has 0 atom stereocenters. The topological polar surface area (TPSA) is 44.8 Å². The number of hydrogen-bond acceptors (Lipinski definition) is 5. The Morgan fingerprint density at radius 1 is 1.14 bits per heavy atom. The molecule has 114 valence electrons. The molecule has 2 aromatic rings. The highest BCUT2D eigenvalue weighted by Crippen LogP contribution is 2.35. The largest absolute Gasteiger partial charge is 0.454 e. The average molecular weight is 324 g/mol. The van der Waals surface area contributed by atoms with Crippen LogP contribution >= 0.6 is 11.8 Å². The molecule has 0 spiro atoms. The molecule has 0 N–H and O–H groups in total. The lowest BCUT2D eigenvalue weighted by Crippen LogP contribution is -2.10. The third-order valence-corrected chi connectivity index (χ3v) is 3.82. The van der Waals surface area contributed by atoms with Gasteiger partial charge < -0.3 is 14.2 Å². The van der Waals surface area contributed by atoms with Gasteiger partial charge in [0.2, 0.25) is 6.79 Å². The number of fused-ring (bicyclic) bond motifs is 1. The molecule has 0 saturated heterocycles. The first-order valence-electron chi connectivity index (χ1n) is 6.30. The van der Waals surface area contributed by atoms with Gasteiger partial charge in [-0.2, -0.15) is 0 Å². The molecule has 0 saturated carbocycles. The summed E-state index contributed by atoms with van der Waals surface area (Å²) in [5.74, 6) is -0.489. The van der Waals surface area contributed by atoms with Crippen molar-refractivity contribution in [2.45, 2.75) is 4.90 Å². The maximum Gasteiger partial charge on any atom is 0.321 e. The van der Waals surface area contributed by atoms with E-state index in [4.69, 9.17) is 14.2 Å². The molecule has 0 fully saturated rings. The molecule has 0 radical (unpaired) electrons. The normalized spacial score (nSPS) is 12.3. The van der Waals surface area contributed by atoms with Crippen LogP contribution < -0.4 is 14.2 Å². The summed E-state index contributed by atoms with van der Waals surface area (Å²) in [6, 6.07) is 7.80. The van der Waals surface area contributed by atoms with E-state index in [1.165, 1.54) is 6.07 Å². The van der Waals surface area contributed by atoms with Crippen molar-refractivity contribution in [3.05, 3.63) is 48.0 Å². The number of hydrogen-bond donors (Lipinski definition) is 0. The summed E-state index contributed by atoms with van der Waals surface area (Å²) in [5.41, 5.74) is 0. The Kier molecular flexibility index (Phi) is 4.15. The Balaban J connectivity index is 1.59. The lowest BCUT2D eigenvalue weighted by molar-refractivity contribution is -0.131. The number of carbonyl (C=O) groups excluding carboxylic acids is 1. The van der Waals surface area contributed by atoms with E-state index in [0.29, 0.717) is 17.2 Å². The highest BCUT2D eigenvalue weighted by molar-refractivity contribution is 8.00. The van der Waals surface area contributed by atoms with Crippen molar-refractivity contribution in [3.63, 3.8) is 0 Å². The maximum absolute atomic E-state index is 13.4. The van der Waals surface area contributed by atoms with Crippen molar-refractivity contribution >= 4 is 17.7 Å². The zero-order valence-corrected chi connectivity index (χ0v) is 12.0. The molecule has 1 aliphatic rings. The minimum absolute atomic E-state index is 0.0580. The summed E-state index contributed by atoms with van der Waals surface area (Å²) in [4.78, 5) is 11.8. The second-order valence-corrected chi connectivity index (χ2v) is 5.37. The van der Waals surface area contributed by atoms with Crippen LogP contribution in [0.15, 0.2) is 41.3 Å². The van der Waals surface area contributed by atoms with Gasteiger partial charge in [-0.3, -0.25) is 4.79 Å². The van der Waals surface area contributed by atoms with Crippen molar-refractivity contribution in [1.29, 1.82) is 0 Å². The molecular weight excluding hydrogens is 314 g/mol. The number of rotatable bonds is 4. The Hall–Kier alpha value is -2.28. The summed E-state index contributed by atoms with van der Waals surface area (Å²) in [5, 5.41) is 0. The monoisotopic (exact) mass is 324 g/mol. The first-order chi connectivity index (χ1) is 10.6. The van der Waals surface area contributed by atoms with Gasteiger partial charge in [-0.05, 0) is 30.3 Å². The SMILES string of the molecule is O=C(CSc1cc(F)ccc1F)Oc1ccc2c(c1)OCO2. The average Bonchev–Trinajstić information content (AvgIpc) is 2.96. The van der Waals surface area contributed by atoms with Crippen molar-refractivity contribution in [1.82, 2.24) is 0 Å². The number of thioether (sulfide) groups is 1. The van der Waals surface area contributed by atoms with E-state index < -0.39 is 17.6 Å². The molecule has 0 bridgehead atoms. The second-order valence-electron chi connectivity index (χ2n) is 4.35. The number of ether oxygens (including phenoxy) is 3. The smallest absolute Gasteiger partial charge is 0.321 e. The number of carbonyl (C=O) groups is 1. The predicted octanol–water partition coefficient (Wildman–Crippen LogP) is 3.39. The van der Waals surface area contributed by atoms with Gasteiger partial charge in [0.1, 0.15) is 17.4 Å². The molecule has 2 aromatic carbocycles. The Labute approximate surface area is 129 Å². The van der Waals surface area contributed by atoms with Crippen LogP contribution in [0.5, 0.6) is 17.2 Å². The van der Waals surface area contributed by atoms with Crippen LogP contribution in [-0.4, -0.2) is 18.5 Å². The molecule has 22 heavy (non-hydrogen) atoms. The van der Waals surface area contributed by atoms with E-state index in [1.54, 1.807) is 12.1 Å². The van der Waals surface area contributed by atoms with Crippen LogP contribution in [0.1, 0.15) is 0 Å². The van der Waals surface area contributed by atoms with E-state index in [9.17, 15) is 13.6 Å². The molecule has 4 nitrogen and oxygen atoms in total. The minimum atomic E-state index is -0.581. The summed E-state index contributed by atoms with van der Waals surface area (Å²) >= 11 is 0.869. The van der Waals surface area contributed by atoms with E-state index in [-0.39, 0.29) is 17.4 Å². The van der Waals surface area contributed by atoms with Gasteiger partial charge >= 0.3 is 5.97 Å². The van der Waals surface area contributed by atoms with Gasteiger partial charge in [0.25, 0.3) is 0 Å². The van der Waals surface area contributed by atoms with Gasteiger partial charge in [0.15, 0.2) is 11.5 Å². The molecule has 7 heteroatoms. The zero-order valence-electron chi connectivity index (χ0n) is 11.2. The zero-order chi connectivity index (χ0) is 15.5. The molecule has 0 aromatic heterocycles. The van der Waals surface area contributed by atoms with Crippen molar-refractivity contribution in [2.75, 3.05) is 12.5 Å². The summed E-state index contributed by atoms with van der Waals surface area (Å²) in [6.07, 6.45) is 0. The van der Waals surface area contributed by atoms with E-state index >= 15 is 0 Å². The molecule has 0 unspecified atom stereocenters. The Morgan fingerprint density at radius 3 is 2.82 bits per heavy atom. The quantitative estimate of drug-likeness (QED) is 0.490.